The van der Waals surface area contributed by atoms with Crippen molar-refractivity contribution in [2.24, 2.45) is 0 Å². The number of nitrogens with zero attached hydrogens (tertiary/aromatic N) is 1. The van der Waals surface area contributed by atoms with Gasteiger partial charge in [0, 0.05) is 32.6 Å². The number of carbonyl (C=O) groups is 2. The molecule has 8 heteroatoms. The van der Waals surface area contributed by atoms with Crippen LogP contribution >= 0.6 is 0 Å². The second kappa shape index (κ2) is 39.8. The van der Waals surface area contributed by atoms with Crippen LogP contribution in [0.3, 0.4) is 0 Å². The van der Waals surface area contributed by atoms with Crippen molar-refractivity contribution < 1.29 is 33.3 Å². The minimum absolute atomic E-state index is 0.113. The van der Waals surface area contributed by atoms with Crippen LogP contribution in [0.4, 0.5) is 4.79 Å². The van der Waals surface area contributed by atoms with Gasteiger partial charge in [-0.15, -0.1) is 0 Å². The van der Waals surface area contributed by atoms with Gasteiger partial charge in [0.1, 0.15) is 6.10 Å². The molecule has 0 saturated heterocycles. The highest BCUT2D eigenvalue weighted by atomic mass is 16.7. The zero-order valence-corrected chi connectivity index (χ0v) is 34.5. The minimum atomic E-state index is -0.607. The first-order valence-electron chi connectivity index (χ1n) is 21.9. The Hall–Kier alpha value is -1.38. The summed E-state index contributed by atoms with van der Waals surface area (Å²) in [6, 6.07) is 0. The van der Waals surface area contributed by atoms with Crippen molar-refractivity contribution in [1.29, 1.82) is 0 Å². The maximum atomic E-state index is 12.5. The summed E-state index contributed by atoms with van der Waals surface area (Å²) >= 11 is 0. The molecule has 0 aliphatic carbocycles. The van der Waals surface area contributed by atoms with Gasteiger partial charge in [0.05, 0.1) is 13.2 Å². The van der Waals surface area contributed by atoms with Gasteiger partial charge >= 0.3 is 12.1 Å². The van der Waals surface area contributed by atoms with Crippen molar-refractivity contribution in [3.63, 3.8) is 0 Å². The van der Waals surface area contributed by atoms with E-state index in [-0.39, 0.29) is 25.0 Å². The van der Waals surface area contributed by atoms with Crippen LogP contribution in [0.5, 0.6) is 0 Å². The molecule has 1 atom stereocenters. The van der Waals surface area contributed by atoms with Gasteiger partial charge in [0.15, 0.2) is 6.29 Å². The summed E-state index contributed by atoms with van der Waals surface area (Å²) in [6.07, 6.45) is 28.5. The normalized spacial score (nSPS) is 12.1. The Morgan fingerprint density at radius 1 is 0.471 bits per heavy atom. The Bertz CT molecular complexity index is 719. The molecule has 0 spiro atoms. The Labute approximate surface area is 316 Å². The number of hydrogen-bond acceptors (Lipinski definition) is 8. The third-order valence-electron chi connectivity index (χ3n) is 9.75. The van der Waals surface area contributed by atoms with Crippen LogP contribution in [0.1, 0.15) is 208 Å². The zero-order valence-electron chi connectivity index (χ0n) is 34.5. The lowest BCUT2D eigenvalue weighted by atomic mass is 10.0. The Balaban J connectivity index is 4.42. The van der Waals surface area contributed by atoms with E-state index in [1.807, 2.05) is 0 Å². The predicted octanol–water partition coefficient (Wildman–Crippen LogP) is 12.3. The molecule has 1 unspecified atom stereocenters. The van der Waals surface area contributed by atoms with Crippen LogP contribution in [0.15, 0.2) is 0 Å². The minimum Gasteiger partial charge on any atom is -0.466 e. The molecule has 0 bridgehead atoms. The quantitative estimate of drug-likeness (QED) is 0.0350. The molecule has 0 heterocycles. The molecule has 0 amide bonds. The van der Waals surface area contributed by atoms with Crippen LogP contribution in [-0.2, 0) is 28.5 Å². The summed E-state index contributed by atoms with van der Waals surface area (Å²) < 4.78 is 28.9. The van der Waals surface area contributed by atoms with Crippen LogP contribution in [0, 0.1) is 0 Å². The summed E-state index contributed by atoms with van der Waals surface area (Å²) in [4.78, 5) is 27.3. The van der Waals surface area contributed by atoms with Crippen molar-refractivity contribution in [2.45, 2.75) is 220 Å². The summed E-state index contributed by atoms with van der Waals surface area (Å²) in [5.74, 6) is -0.171. The second-order valence-corrected chi connectivity index (χ2v) is 14.4. The molecule has 0 aromatic heterocycles. The highest BCUT2D eigenvalue weighted by molar-refractivity contribution is 5.69. The van der Waals surface area contributed by atoms with E-state index in [2.05, 4.69) is 39.5 Å². The number of hydrogen-bond donors (Lipinski definition) is 0. The van der Waals surface area contributed by atoms with Gasteiger partial charge in [0.2, 0.25) is 0 Å². The molecular formula is C43H85NO7. The molecule has 0 fully saturated rings. The van der Waals surface area contributed by atoms with E-state index in [9.17, 15) is 9.59 Å². The molecule has 304 valence electrons. The van der Waals surface area contributed by atoms with Crippen LogP contribution in [-0.4, -0.2) is 75.5 Å². The Morgan fingerprint density at radius 2 is 0.961 bits per heavy atom. The fourth-order valence-corrected chi connectivity index (χ4v) is 6.29. The summed E-state index contributed by atoms with van der Waals surface area (Å²) in [5, 5.41) is 0. The molecule has 0 rings (SSSR count). The molecule has 0 aromatic carbocycles. The fraction of sp³-hybridized carbons (Fsp3) is 0.953. The number of unbranched alkanes of at least 4 members (excludes halogenated alkanes) is 18. The monoisotopic (exact) mass is 728 g/mol. The Morgan fingerprint density at radius 3 is 1.51 bits per heavy atom. The van der Waals surface area contributed by atoms with Crippen molar-refractivity contribution in [3.8, 4) is 0 Å². The van der Waals surface area contributed by atoms with E-state index in [1.165, 1.54) is 89.9 Å². The molecule has 0 aliphatic rings. The van der Waals surface area contributed by atoms with E-state index < -0.39 is 6.16 Å². The summed E-state index contributed by atoms with van der Waals surface area (Å²) in [7, 11) is 0. The number of esters is 1. The molecular weight excluding hydrogens is 642 g/mol. The third kappa shape index (κ3) is 35.4. The summed E-state index contributed by atoms with van der Waals surface area (Å²) in [5.41, 5.74) is 0. The third-order valence-corrected chi connectivity index (χ3v) is 9.75. The number of ether oxygens (including phenoxy) is 5. The van der Waals surface area contributed by atoms with Crippen molar-refractivity contribution in [2.75, 3.05) is 46.1 Å². The van der Waals surface area contributed by atoms with E-state index in [0.717, 1.165) is 103 Å². The zero-order chi connectivity index (χ0) is 37.5. The molecule has 0 aliphatic heterocycles. The first-order chi connectivity index (χ1) is 25.0. The fourth-order valence-electron chi connectivity index (χ4n) is 6.29. The average Bonchev–Trinajstić information content (AvgIpc) is 3.13. The lowest BCUT2D eigenvalue weighted by Gasteiger charge is -2.19. The molecule has 0 radical (unpaired) electrons. The largest absolute Gasteiger partial charge is 0.508 e. The van der Waals surface area contributed by atoms with E-state index in [0.29, 0.717) is 19.4 Å². The average molecular weight is 728 g/mol. The lowest BCUT2D eigenvalue weighted by molar-refractivity contribution is -0.148. The molecule has 8 nitrogen and oxygen atoms in total. The van der Waals surface area contributed by atoms with Gasteiger partial charge in [-0.25, -0.2) is 4.79 Å². The maximum absolute atomic E-state index is 12.5. The molecule has 0 aromatic rings. The van der Waals surface area contributed by atoms with Gasteiger partial charge in [-0.2, -0.15) is 0 Å². The smallest absolute Gasteiger partial charge is 0.466 e. The van der Waals surface area contributed by atoms with Crippen LogP contribution < -0.4 is 0 Å². The van der Waals surface area contributed by atoms with Gasteiger partial charge in [-0.3, -0.25) is 4.79 Å². The number of rotatable bonds is 40. The van der Waals surface area contributed by atoms with Gasteiger partial charge in [-0.05, 0) is 64.5 Å². The molecule has 0 saturated carbocycles. The first-order valence-corrected chi connectivity index (χ1v) is 21.9. The highest BCUT2D eigenvalue weighted by Crippen LogP contribution is 2.17. The second-order valence-electron chi connectivity index (χ2n) is 14.4. The van der Waals surface area contributed by atoms with Crippen molar-refractivity contribution in [3.05, 3.63) is 0 Å². The van der Waals surface area contributed by atoms with Gasteiger partial charge < -0.3 is 28.6 Å². The van der Waals surface area contributed by atoms with Gasteiger partial charge in [0.25, 0.3) is 0 Å². The first kappa shape index (κ1) is 49.6. The van der Waals surface area contributed by atoms with Crippen molar-refractivity contribution >= 4 is 12.1 Å². The lowest BCUT2D eigenvalue weighted by Crippen LogP contribution is -2.26. The standard InChI is InChI=1S/C43H85NO7/c1-6-11-14-17-18-19-20-21-22-25-31-40(51-43(46)50-38-30-35-44(9-4)10-5)34-39-47-41(45)32-26-23-24-27-33-42(48-36-28-15-12-7-2)49-37-29-16-13-8-3/h40,42H,6-39H2,1-5H3. The predicted molar refractivity (Wildman–Crippen MR) is 212 cm³/mol. The van der Waals surface area contributed by atoms with Crippen LogP contribution in [0.2, 0.25) is 0 Å². The highest BCUT2D eigenvalue weighted by Gasteiger charge is 2.17. The van der Waals surface area contributed by atoms with E-state index in [1.54, 1.807) is 0 Å². The van der Waals surface area contributed by atoms with Gasteiger partial charge in [-0.1, -0.05) is 144 Å². The summed E-state index contributed by atoms with van der Waals surface area (Å²) in [6.45, 7) is 16.0. The van der Waals surface area contributed by atoms with E-state index in [4.69, 9.17) is 23.7 Å². The Kier molecular flexibility index (Phi) is 38.7. The van der Waals surface area contributed by atoms with E-state index >= 15 is 0 Å². The molecule has 0 N–H and O–H groups in total. The SMILES string of the molecule is CCCCCCCCCCCCC(CCOC(=O)CCCCCCC(OCCCCCC)OCCCCCC)OC(=O)OCCCN(CC)CC. The van der Waals surface area contributed by atoms with Crippen LogP contribution in [0.25, 0.3) is 0 Å². The topological polar surface area (TPSA) is 83.5 Å². The maximum Gasteiger partial charge on any atom is 0.508 e. The molecule has 51 heavy (non-hydrogen) atoms. The van der Waals surface area contributed by atoms with Crippen molar-refractivity contribution in [1.82, 2.24) is 4.90 Å². The number of carbonyl (C=O) groups excluding carboxylic acids is 2.